The number of halogens is 1. The van der Waals surface area contributed by atoms with Gasteiger partial charge in [0.25, 0.3) is 0 Å². The second-order valence-electron chi connectivity index (χ2n) is 5.37. The molecule has 20 heavy (non-hydrogen) atoms. The molecule has 1 N–H and O–H groups in total. The van der Waals surface area contributed by atoms with Crippen molar-refractivity contribution < 1.29 is 14.6 Å². The van der Waals surface area contributed by atoms with Gasteiger partial charge in [-0.05, 0) is 59.7 Å². The van der Waals surface area contributed by atoms with E-state index in [0.717, 1.165) is 35.8 Å². The van der Waals surface area contributed by atoms with Gasteiger partial charge in [-0.2, -0.15) is 0 Å². The smallest absolute Gasteiger partial charge is 0.308 e. The average molecular weight is 342 g/mol. The third-order valence-electron chi connectivity index (χ3n) is 4.06. The van der Waals surface area contributed by atoms with Gasteiger partial charge < -0.3 is 9.84 Å². The average Bonchev–Trinajstić information content (AvgIpc) is 2.49. The molecule has 1 heterocycles. The molecule has 5 heteroatoms. The maximum absolute atomic E-state index is 11.5. The largest absolute Gasteiger partial charge is 0.469 e. The first-order valence-corrected chi connectivity index (χ1v) is 7.75. The fourth-order valence-electron chi connectivity index (χ4n) is 2.81. The lowest BCUT2D eigenvalue weighted by atomic mass is 9.78. The number of aliphatic hydroxyl groups is 1. The second kappa shape index (κ2) is 7.18. The van der Waals surface area contributed by atoms with Crippen LogP contribution in [0.15, 0.2) is 22.8 Å². The summed E-state index contributed by atoms with van der Waals surface area (Å²) < 4.78 is 5.72. The molecule has 0 radical (unpaired) electrons. The highest BCUT2D eigenvalue weighted by atomic mass is 79.9. The molecule has 0 spiro atoms. The summed E-state index contributed by atoms with van der Waals surface area (Å²) in [7, 11) is 1.43. The van der Waals surface area contributed by atoms with Crippen LogP contribution >= 0.6 is 15.9 Å². The predicted molar refractivity (Wildman–Crippen MR) is 79.1 cm³/mol. The van der Waals surface area contributed by atoms with Crippen LogP contribution in [-0.4, -0.2) is 29.3 Å². The van der Waals surface area contributed by atoms with Crippen molar-refractivity contribution >= 4 is 21.9 Å². The summed E-state index contributed by atoms with van der Waals surface area (Å²) in [4.78, 5) is 15.8. The number of hydrogen-bond donors (Lipinski definition) is 1. The molecule has 1 aromatic rings. The molecule has 0 aliphatic heterocycles. The van der Waals surface area contributed by atoms with Gasteiger partial charge in [0.1, 0.15) is 0 Å². The molecule has 1 fully saturated rings. The highest BCUT2D eigenvalue weighted by Gasteiger charge is 2.30. The standard InChI is InChI=1S/C15H20BrNO3/c1-20-15(19)11-4-2-10(3-5-11)14(18)8-13-7-6-12(16)9-17-13/h6-7,9-11,14,18H,2-5,8H2,1H3/t10?,11?,14-/m1/s1. The van der Waals surface area contributed by atoms with Gasteiger partial charge >= 0.3 is 5.97 Å². The van der Waals surface area contributed by atoms with Crippen LogP contribution < -0.4 is 0 Å². The zero-order valence-electron chi connectivity index (χ0n) is 11.6. The Labute approximate surface area is 127 Å². The third-order valence-corrected chi connectivity index (χ3v) is 4.53. The van der Waals surface area contributed by atoms with Crippen molar-refractivity contribution in [3.63, 3.8) is 0 Å². The van der Waals surface area contributed by atoms with E-state index in [-0.39, 0.29) is 23.9 Å². The van der Waals surface area contributed by atoms with Crippen LogP contribution in [0, 0.1) is 11.8 Å². The van der Waals surface area contributed by atoms with Gasteiger partial charge in [-0.25, -0.2) is 0 Å². The number of esters is 1. The fourth-order valence-corrected chi connectivity index (χ4v) is 3.05. The van der Waals surface area contributed by atoms with Crippen molar-refractivity contribution in [2.24, 2.45) is 11.8 Å². The van der Waals surface area contributed by atoms with Gasteiger partial charge in [0.05, 0.1) is 19.1 Å². The zero-order valence-corrected chi connectivity index (χ0v) is 13.2. The highest BCUT2D eigenvalue weighted by Crippen LogP contribution is 2.32. The normalized spacial score (nSPS) is 24.1. The van der Waals surface area contributed by atoms with Crippen molar-refractivity contribution in [1.29, 1.82) is 0 Å². The Kier molecular flexibility index (Phi) is 5.54. The first-order valence-electron chi connectivity index (χ1n) is 6.96. The number of carbonyl (C=O) groups is 1. The molecule has 0 aromatic carbocycles. The van der Waals surface area contributed by atoms with E-state index in [4.69, 9.17) is 4.74 Å². The maximum Gasteiger partial charge on any atom is 0.308 e. The molecule has 110 valence electrons. The Morgan fingerprint density at radius 3 is 2.70 bits per heavy atom. The Balaban J connectivity index is 1.84. The topological polar surface area (TPSA) is 59.4 Å². The summed E-state index contributed by atoms with van der Waals surface area (Å²) in [5.74, 6) is 0.142. The minimum atomic E-state index is -0.387. The lowest BCUT2D eigenvalue weighted by Gasteiger charge is -2.30. The summed E-state index contributed by atoms with van der Waals surface area (Å²) >= 11 is 3.35. The number of aliphatic hydroxyl groups excluding tert-OH is 1. The number of hydrogen-bond acceptors (Lipinski definition) is 4. The van der Waals surface area contributed by atoms with Crippen molar-refractivity contribution in [1.82, 2.24) is 4.98 Å². The quantitative estimate of drug-likeness (QED) is 0.855. The lowest BCUT2D eigenvalue weighted by Crippen LogP contribution is -2.30. The van der Waals surface area contributed by atoms with E-state index in [0.29, 0.717) is 6.42 Å². The van der Waals surface area contributed by atoms with Crippen molar-refractivity contribution in [3.05, 3.63) is 28.5 Å². The van der Waals surface area contributed by atoms with Crippen LogP contribution in [0.25, 0.3) is 0 Å². The number of pyridine rings is 1. The molecule has 0 unspecified atom stereocenters. The van der Waals surface area contributed by atoms with E-state index >= 15 is 0 Å². The van der Waals surface area contributed by atoms with Gasteiger partial charge in [-0.3, -0.25) is 9.78 Å². The Morgan fingerprint density at radius 1 is 1.45 bits per heavy atom. The van der Waals surface area contributed by atoms with Crippen LogP contribution in [0.5, 0.6) is 0 Å². The number of aromatic nitrogens is 1. The SMILES string of the molecule is COC(=O)C1CCC([C@H](O)Cc2ccc(Br)cn2)CC1. The molecule has 1 aliphatic rings. The maximum atomic E-state index is 11.5. The summed E-state index contributed by atoms with van der Waals surface area (Å²) in [5, 5.41) is 10.3. The predicted octanol–water partition coefficient (Wildman–Crippen LogP) is 2.73. The number of methoxy groups -OCH3 is 1. The highest BCUT2D eigenvalue weighted by molar-refractivity contribution is 9.10. The molecule has 2 rings (SSSR count). The van der Waals surface area contributed by atoms with Crippen LogP contribution in [0.2, 0.25) is 0 Å². The number of carbonyl (C=O) groups excluding carboxylic acids is 1. The number of nitrogens with zero attached hydrogens (tertiary/aromatic N) is 1. The van der Waals surface area contributed by atoms with Crippen LogP contribution in [0.3, 0.4) is 0 Å². The van der Waals surface area contributed by atoms with E-state index in [1.165, 1.54) is 7.11 Å². The molecule has 0 saturated heterocycles. The van der Waals surface area contributed by atoms with Crippen molar-refractivity contribution in [3.8, 4) is 0 Å². The Bertz CT molecular complexity index is 441. The Morgan fingerprint density at radius 2 is 2.15 bits per heavy atom. The van der Waals surface area contributed by atoms with Crippen molar-refractivity contribution in [2.75, 3.05) is 7.11 Å². The van der Waals surface area contributed by atoms with E-state index in [2.05, 4.69) is 20.9 Å². The minimum absolute atomic E-state index is 0.00857. The monoisotopic (exact) mass is 341 g/mol. The lowest BCUT2D eigenvalue weighted by molar-refractivity contribution is -0.147. The van der Waals surface area contributed by atoms with E-state index in [9.17, 15) is 9.90 Å². The minimum Gasteiger partial charge on any atom is -0.469 e. The molecule has 1 aromatic heterocycles. The van der Waals surface area contributed by atoms with Gasteiger partial charge in [0.15, 0.2) is 0 Å². The Hall–Kier alpha value is -0.940. The van der Waals surface area contributed by atoms with Crippen LogP contribution in [0.4, 0.5) is 0 Å². The molecule has 1 saturated carbocycles. The van der Waals surface area contributed by atoms with Gasteiger partial charge in [-0.1, -0.05) is 0 Å². The summed E-state index contributed by atoms with van der Waals surface area (Å²) in [6.07, 6.45) is 5.29. The zero-order chi connectivity index (χ0) is 14.5. The molecule has 1 aliphatic carbocycles. The van der Waals surface area contributed by atoms with Gasteiger partial charge in [0.2, 0.25) is 0 Å². The third kappa shape index (κ3) is 4.03. The molecule has 0 amide bonds. The van der Waals surface area contributed by atoms with E-state index in [1.807, 2.05) is 12.1 Å². The molecular weight excluding hydrogens is 322 g/mol. The van der Waals surface area contributed by atoms with E-state index < -0.39 is 0 Å². The number of ether oxygens (including phenoxy) is 1. The fraction of sp³-hybridized carbons (Fsp3) is 0.600. The number of rotatable bonds is 4. The van der Waals surface area contributed by atoms with Gasteiger partial charge in [-0.15, -0.1) is 0 Å². The summed E-state index contributed by atoms with van der Waals surface area (Å²) in [6.45, 7) is 0. The molecule has 0 bridgehead atoms. The molecule has 4 nitrogen and oxygen atoms in total. The van der Waals surface area contributed by atoms with Crippen LogP contribution in [0.1, 0.15) is 31.4 Å². The van der Waals surface area contributed by atoms with Crippen molar-refractivity contribution in [2.45, 2.75) is 38.2 Å². The molecular formula is C15H20BrNO3. The first-order chi connectivity index (χ1) is 9.60. The molecule has 1 atom stereocenters. The summed E-state index contributed by atoms with van der Waals surface area (Å²) in [5.41, 5.74) is 0.899. The first kappa shape index (κ1) is 15.4. The van der Waals surface area contributed by atoms with E-state index in [1.54, 1.807) is 6.20 Å². The summed E-state index contributed by atoms with van der Waals surface area (Å²) in [6, 6.07) is 3.86. The van der Waals surface area contributed by atoms with Gasteiger partial charge in [0, 0.05) is 22.8 Å². The second-order valence-corrected chi connectivity index (χ2v) is 6.29. The van der Waals surface area contributed by atoms with Crippen LogP contribution in [-0.2, 0) is 16.0 Å².